The smallest absolute Gasteiger partial charge is 0.267 e. The Morgan fingerprint density at radius 3 is 2.83 bits per heavy atom. The number of amides is 1. The van der Waals surface area contributed by atoms with Crippen molar-refractivity contribution < 1.29 is 4.79 Å². The fraction of sp³-hybridized carbons (Fsp3) is 0.538. The van der Waals surface area contributed by atoms with E-state index >= 15 is 0 Å². The van der Waals surface area contributed by atoms with Gasteiger partial charge in [0.15, 0.2) is 0 Å². The third-order valence-corrected chi connectivity index (χ3v) is 3.59. The van der Waals surface area contributed by atoms with Gasteiger partial charge in [-0.1, -0.05) is 12.8 Å². The fourth-order valence-electron chi connectivity index (χ4n) is 2.60. The highest BCUT2D eigenvalue weighted by Gasteiger charge is 2.23. The summed E-state index contributed by atoms with van der Waals surface area (Å²) in [4.78, 5) is 15.0. The molecule has 1 atom stereocenters. The number of nitrogens with zero attached hydrogens (tertiary/aromatic N) is 1. The Bertz CT molecular complexity index is 415. The molecule has 0 spiro atoms. The van der Waals surface area contributed by atoms with E-state index in [1.165, 1.54) is 25.7 Å². The van der Waals surface area contributed by atoms with Crippen molar-refractivity contribution in [2.24, 2.45) is 17.4 Å². The first-order chi connectivity index (χ1) is 8.70. The monoisotopic (exact) mass is 248 g/mol. The second-order valence-corrected chi connectivity index (χ2v) is 4.83. The van der Waals surface area contributed by atoms with Gasteiger partial charge < -0.3 is 16.8 Å². The number of primary amides is 1. The zero-order chi connectivity index (χ0) is 13.0. The molecule has 0 aliphatic heterocycles. The van der Waals surface area contributed by atoms with Crippen LogP contribution < -0.4 is 16.8 Å². The number of rotatable bonds is 5. The van der Waals surface area contributed by atoms with Crippen LogP contribution >= 0.6 is 0 Å². The zero-order valence-electron chi connectivity index (χ0n) is 10.4. The molecule has 0 radical (unpaired) electrons. The minimum atomic E-state index is -0.510. The van der Waals surface area contributed by atoms with Crippen molar-refractivity contribution in [3.63, 3.8) is 0 Å². The van der Waals surface area contributed by atoms with Crippen LogP contribution in [0.4, 0.5) is 5.69 Å². The van der Waals surface area contributed by atoms with Gasteiger partial charge in [-0.3, -0.25) is 9.78 Å². The van der Waals surface area contributed by atoms with E-state index in [-0.39, 0.29) is 11.7 Å². The minimum absolute atomic E-state index is 0.260. The summed E-state index contributed by atoms with van der Waals surface area (Å²) >= 11 is 0. The first-order valence-corrected chi connectivity index (χ1v) is 6.43. The average Bonchev–Trinajstić information content (AvgIpc) is 2.90. The Morgan fingerprint density at radius 2 is 2.22 bits per heavy atom. The average molecular weight is 248 g/mol. The maximum absolute atomic E-state index is 11.1. The first-order valence-electron chi connectivity index (χ1n) is 6.43. The van der Waals surface area contributed by atoms with E-state index < -0.39 is 5.91 Å². The Hall–Kier alpha value is -1.62. The van der Waals surface area contributed by atoms with Crippen LogP contribution in [-0.4, -0.2) is 23.5 Å². The lowest BCUT2D eigenvalue weighted by Gasteiger charge is -2.24. The largest absolute Gasteiger partial charge is 0.381 e. The topological polar surface area (TPSA) is 94.0 Å². The highest BCUT2D eigenvalue weighted by Crippen LogP contribution is 2.29. The molecule has 1 aliphatic rings. The minimum Gasteiger partial charge on any atom is -0.381 e. The van der Waals surface area contributed by atoms with Crippen LogP contribution in [0.3, 0.4) is 0 Å². The summed E-state index contributed by atoms with van der Waals surface area (Å²) in [6.07, 6.45) is 6.60. The number of nitrogens with two attached hydrogens (primary N) is 2. The van der Waals surface area contributed by atoms with Gasteiger partial charge in [0, 0.05) is 24.5 Å². The molecule has 0 aromatic carbocycles. The number of hydrogen-bond acceptors (Lipinski definition) is 4. The predicted molar refractivity (Wildman–Crippen MR) is 71.2 cm³/mol. The van der Waals surface area contributed by atoms with Crippen molar-refractivity contribution in [2.45, 2.75) is 31.7 Å². The summed E-state index contributed by atoms with van der Waals surface area (Å²) in [7, 11) is 0. The van der Waals surface area contributed by atoms with Crippen molar-refractivity contribution >= 4 is 11.6 Å². The molecule has 1 saturated carbocycles. The summed E-state index contributed by atoms with van der Waals surface area (Å²) in [6.45, 7) is 0.596. The van der Waals surface area contributed by atoms with E-state index in [2.05, 4.69) is 10.3 Å². The predicted octanol–water partition coefficient (Wildman–Crippen LogP) is 1.11. The van der Waals surface area contributed by atoms with Crippen LogP contribution in [0.1, 0.15) is 36.2 Å². The van der Waals surface area contributed by atoms with Crippen molar-refractivity contribution in [2.75, 3.05) is 11.9 Å². The number of hydrogen-bond donors (Lipinski definition) is 3. The lowest BCUT2D eigenvalue weighted by atomic mass is 9.98. The molecule has 5 nitrogen and oxygen atoms in total. The maximum Gasteiger partial charge on any atom is 0.267 e. The SMILES string of the molecule is NCC(Nc1ccnc(C(N)=O)c1)C1CCCC1. The summed E-state index contributed by atoms with van der Waals surface area (Å²) < 4.78 is 0. The van der Waals surface area contributed by atoms with E-state index in [9.17, 15) is 4.79 Å². The van der Waals surface area contributed by atoms with Gasteiger partial charge in [0.25, 0.3) is 5.91 Å². The third-order valence-electron chi connectivity index (χ3n) is 3.59. The van der Waals surface area contributed by atoms with E-state index in [4.69, 9.17) is 11.5 Å². The Kier molecular flexibility index (Phi) is 4.15. The van der Waals surface area contributed by atoms with Gasteiger partial charge in [-0.05, 0) is 30.9 Å². The number of carbonyl (C=O) groups is 1. The summed E-state index contributed by atoms with van der Waals surface area (Å²) in [6, 6.07) is 3.78. The standard InChI is InChI=1S/C13H20N4O/c14-8-12(9-3-1-2-4-9)17-10-5-6-16-11(7-10)13(15)18/h5-7,9,12H,1-4,8,14H2,(H2,15,18)(H,16,17). The molecule has 1 aliphatic carbocycles. The quantitative estimate of drug-likeness (QED) is 0.727. The molecular weight excluding hydrogens is 228 g/mol. The van der Waals surface area contributed by atoms with E-state index in [1.807, 2.05) is 6.07 Å². The summed E-state index contributed by atoms with van der Waals surface area (Å²) in [5.74, 6) is 0.115. The van der Waals surface area contributed by atoms with Gasteiger partial charge in [0.2, 0.25) is 0 Å². The lowest BCUT2D eigenvalue weighted by Crippen LogP contribution is -2.35. The lowest BCUT2D eigenvalue weighted by molar-refractivity contribution is 0.0995. The molecule has 18 heavy (non-hydrogen) atoms. The second-order valence-electron chi connectivity index (χ2n) is 4.83. The van der Waals surface area contributed by atoms with Crippen molar-refractivity contribution in [1.29, 1.82) is 0 Å². The molecular formula is C13H20N4O. The van der Waals surface area contributed by atoms with Crippen molar-refractivity contribution in [3.8, 4) is 0 Å². The van der Waals surface area contributed by atoms with Crippen LogP contribution in [0.15, 0.2) is 18.3 Å². The molecule has 1 fully saturated rings. The van der Waals surface area contributed by atoms with Crippen molar-refractivity contribution in [3.05, 3.63) is 24.0 Å². The molecule has 0 bridgehead atoms. The van der Waals surface area contributed by atoms with E-state index in [0.29, 0.717) is 12.5 Å². The van der Waals surface area contributed by atoms with Crippen LogP contribution in [0.5, 0.6) is 0 Å². The molecule has 98 valence electrons. The van der Waals surface area contributed by atoms with E-state index in [1.54, 1.807) is 12.3 Å². The van der Waals surface area contributed by atoms with E-state index in [0.717, 1.165) is 5.69 Å². The van der Waals surface area contributed by atoms with Crippen molar-refractivity contribution in [1.82, 2.24) is 4.98 Å². The fourth-order valence-corrected chi connectivity index (χ4v) is 2.60. The van der Waals surface area contributed by atoms with Crippen LogP contribution in [0.2, 0.25) is 0 Å². The Balaban J connectivity index is 2.06. The van der Waals surface area contributed by atoms with Gasteiger partial charge in [-0.25, -0.2) is 0 Å². The van der Waals surface area contributed by atoms with Gasteiger partial charge in [-0.2, -0.15) is 0 Å². The molecule has 1 aromatic rings. The molecule has 2 rings (SSSR count). The highest BCUT2D eigenvalue weighted by atomic mass is 16.1. The molecule has 1 heterocycles. The molecule has 1 aromatic heterocycles. The Labute approximate surface area is 107 Å². The number of carbonyl (C=O) groups excluding carboxylic acids is 1. The van der Waals surface area contributed by atoms with Gasteiger partial charge in [0.1, 0.15) is 5.69 Å². The highest BCUT2D eigenvalue weighted by molar-refractivity contribution is 5.91. The van der Waals surface area contributed by atoms with Crippen LogP contribution in [-0.2, 0) is 0 Å². The Morgan fingerprint density at radius 1 is 1.50 bits per heavy atom. The maximum atomic E-state index is 11.1. The molecule has 0 saturated heterocycles. The third kappa shape index (κ3) is 2.98. The van der Waals surface area contributed by atoms with Gasteiger partial charge >= 0.3 is 0 Å². The second kappa shape index (κ2) is 5.82. The number of aromatic nitrogens is 1. The molecule has 1 unspecified atom stereocenters. The zero-order valence-corrected chi connectivity index (χ0v) is 10.4. The van der Waals surface area contributed by atoms with Crippen LogP contribution in [0.25, 0.3) is 0 Å². The first kappa shape index (κ1) is 12.8. The summed E-state index contributed by atoms with van der Waals surface area (Å²) in [5, 5.41) is 3.39. The molecule has 5 N–H and O–H groups in total. The number of pyridine rings is 1. The number of anilines is 1. The summed E-state index contributed by atoms with van der Waals surface area (Å²) in [5.41, 5.74) is 12.2. The van der Waals surface area contributed by atoms with Gasteiger partial charge in [0.05, 0.1) is 0 Å². The van der Waals surface area contributed by atoms with Crippen LogP contribution in [0, 0.1) is 5.92 Å². The normalized spacial score (nSPS) is 17.6. The van der Waals surface area contributed by atoms with Gasteiger partial charge in [-0.15, -0.1) is 0 Å². The molecule has 1 amide bonds. The number of nitrogens with one attached hydrogen (secondary N) is 1. The molecule has 5 heteroatoms.